The van der Waals surface area contributed by atoms with Crippen LogP contribution in [-0.4, -0.2) is 62.2 Å². The average molecular weight is 255 g/mol. The maximum absolute atomic E-state index is 3.46. The monoisotopic (exact) mass is 255 g/mol. The third-order valence-corrected chi connectivity index (χ3v) is 4.14. The van der Waals surface area contributed by atoms with Crippen molar-refractivity contribution in [2.75, 3.05) is 52.4 Å². The van der Waals surface area contributed by atoms with E-state index in [4.69, 9.17) is 0 Å². The van der Waals surface area contributed by atoms with Crippen molar-refractivity contribution in [2.45, 2.75) is 40.0 Å². The molecule has 3 nitrogen and oxygen atoms in total. The fourth-order valence-electron chi connectivity index (χ4n) is 2.86. The van der Waals surface area contributed by atoms with E-state index in [1.165, 1.54) is 71.6 Å². The van der Waals surface area contributed by atoms with E-state index in [1.54, 1.807) is 0 Å². The van der Waals surface area contributed by atoms with Gasteiger partial charge in [0.1, 0.15) is 0 Å². The summed E-state index contributed by atoms with van der Waals surface area (Å²) in [5, 5.41) is 3.46. The van der Waals surface area contributed by atoms with E-state index in [0.29, 0.717) is 0 Å². The van der Waals surface area contributed by atoms with Crippen LogP contribution in [0.4, 0.5) is 0 Å². The zero-order chi connectivity index (χ0) is 13.2. The summed E-state index contributed by atoms with van der Waals surface area (Å²) in [6, 6.07) is 0. The van der Waals surface area contributed by atoms with Gasteiger partial charge in [-0.3, -0.25) is 0 Å². The van der Waals surface area contributed by atoms with Gasteiger partial charge in [0.15, 0.2) is 0 Å². The summed E-state index contributed by atoms with van der Waals surface area (Å²) in [6.45, 7) is 16.7. The summed E-state index contributed by atoms with van der Waals surface area (Å²) in [5.74, 6) is 0.925. The molecular weight excluding hydrogens is 222 g/mol. The van der Waals surface area contributed by atoms with Crippen molar-refractivity contribution in [1.29, 1.82) is 0 Å². The lowest BCUT2D eigenvalue weighted by Crippen LogP contribution is -2.40. The minimum absolute atomic E-state index is 0.925. The van der Waals surface area contributed by atoms with Crippen molar-refractivity contribution in [3.05, 3.63) is 0 Å². The van der Waals surface area contributed by atoms with Crippen LogP contribution in [0, 0.1) is 5.92 Å². The quantitative estimate of drug-likeness (QED) is 0.680. The number of likely N-dealkylation sites (N-methyl/N-ethyl adjacent to an activating group) is 1. The van der Waals surface area contributed by atoms with Crippen molar-refractivity contribution in [3.8, 4) is 0 Å². The normalized spacial score (nSPS) is 17.8. The molecule has 0 saturated carbocycles. The van der Waals surface area contributed by atoms with E-state index < -0.39 is 0 Å². The van der Waals surface area contributed by atoms with Crippen molar-refractivity contribution in [3.63, 3.8) is 0 Å². The number of hydrogen-bond acceptors (Lipinski definition) is 3. The predicted molar refractivity (Wildman–Crippen MR) is 80.1 cm³/mol. The van der Waals surface area contributed by atoms with Crippen LogP contribution in [0.3, 0.4) is 0 Å². The lowest BCUT2D eigenvalue weighted by Gasteiger charge is -2.31. The molecule has 0 radical (unpaired) electrons. The Morgan fingerprint density at radius 1 is 0.889 bits per heavy atom. The van der Waals surface area contributed by atoms with Crippen LogP contribution in [0.15, 0.2) is 0 Å². The third-order valence-electron chi connectivity index (χ3n) is 4.14. The summed E-state index contributed by atoms with van der Waals surface area (Å²) >= 11 is 0. The molecule has 1 N–H and O–H groups in total. The van der Waals surface area contributed by atoms with Crippen LogP contribution in [0.2, 0.25) is 0 Å². The number of hydrogen-bond donors (Lipinski definition) is 1. The molecule has 1 aliphatic rings. The maximum atomic E-state index is 3.46. The van der Waals surface area contributed by atoms with Crippen LogP contribution in [0.1, 0.15) is 40.0 Å². The minimum Gasteiger partial charge on any atom is -0.317 e. The highest BCUT2D eigenvalue weighted by Crippen LogP contribution is 2.13. The zero-order valence-electron chi connectivity index (χ0n) is 12.7. The second-order valence-electron chi connectivity index (χ2n) is 5.52. The molecule has 0 aromatic carbocycles. The Bertz CT molecular complexity index is 186. The molecule has 3 heteroatoms. The van der Waals surface area contributed by atoms with E-state index in [9.17, 15) is 0 Å². The molecule has 1 saturated heterocycles. The molecule has 108 valence electrons. The van der Waals surface area contributed by atoms with Gasteiger partial charge in [0.05, 0.1) is 0 Å². The van der Waals surface area contributed by atoms with Crippen molar-refractivity contribution >= 4 is 0 Å². The Labute approximate surface area is 114 Å². The van der Waals surface area contributed by atoms with Gasteiger partial charge in [-0.15, -0.1) is 0 Å². The second-order valence-corrected chi connectivity index (χ2v) is 5.52. The molecule has 1 fully saturated rings. The lowest BCUT2D eigenvalue weighted by atomic mass is 9.97. The molecular formula is C15H33N3. The van der Waals surface area contributed by atoms with E-state index in [-0.39, 0.29) is 0 Å². The minimum atomic E-state index is 0.925. The summed E-state index contributed by atoms with van der Waals surface area (Å²) in [5.41, 5.74) is 0. The molecule has 0 bridgehead atoms. The summed E-state index contributed by atoms with van der Waals surface area (Å²) in [6.07, 6.45) is 4.01. The first-order chi connectivity index (χ1) is 8.80. The molecule has 0 aromatic heterocycles. The number of nitrogens with one attached hydrogen (secondary N) is 1. The van der Waals surface area contributed by atoms with Crippen molar-refractivity contribution in [1.82, 2.24) is 15.1 Å². The van der Waals surface area contributed by atoms with Crippen LogP contribution in [0.25, 0.3) is 0 Å². The van der Waals surface area contributed by atoms with Gasteiger partial charge in [-0.05, 0) is 57.9 Å². The summed E-state index contributed by atoms with van der Waals surface area (Å²) in [7, 11) is 0. The maximum Gasteiger partial charge on any atom is 0.0109 e. The average Bonchev–Trinajstić information content (AvgIpc) is 2.41. The van der Waals surface area contributed by atoms with Gasteiger partial charge in [-0.1, -0.05) is 20.8 Å². The van der Waals surface area contributed by atoms with E-state index in [2.05, 4.69) is 35.9 Å². The highest BCUT2D eigenvalue weighted by molar-refractivity contribution is 4.73. The van der Waals surface area contributed by atoms with Crippen molar-refractivity contribution < 1.29 is 0 Å². The lowest BCUT2D eigenvalue weighted by molar-refractivity contribution is 0.176. The standard InChI is InChI=1S/C15H33N3/c1-4-11-18(13-12-17(5-2)6-3)14-15-7-9-16-10-8-15/h15-16H,4-14H2,1-3H3. The van der Waals surface area contributed by atoms with Gasteiger partial charge in [0, 0.05) is 19.6 Å². The van der Waals surface area contributed by atoms with Crippen molar-refractivity contribution in [2.24, 2.45) is 5.92 Å². The molecule has 0 unspecified atom stereocenters. The van der Waals surface area contributed by atoms with E-state index in [1.807, 2.05) is 0 Å². The fraction of sp³-hybridized carbons (Fsp3) is 1.00. The molecule has 0 aromatic rings. The molecule has 0 amide bonds. The Morgan fingerprint density at radius 3 is 2.06 bits per heavy atom. The fourth-order valence-corrected chi connectivity index (χ4v) is 2.86. The highest BCUT2D eigenvalue weighted by Gasteiger charge is 2.16. The summed E-state index contributed by atoms with van der Waals surface area (Å²) < 4.78 is 0. The SMILES string of the molecule is CCCN(CCN(CC)CC)CC1CCNCC1. The van der Waals surface area contributed by atoms with Crippen LogP contribution in [0.5, 0.6) is 0 Å². The second kappa shape index (κ2) is 9.76. The number of rotatable bonds is 9. The van der Waals surface area contributed by atoms with Gasteiger partial charge in [0.2, 0.25) is 0 Å². The highest BCUT2D eigenvalue weighted by atomic mass is 15.2. The van der Waals surface area contributed by atoms with E-state index in [0.717, 1.165) is 5.92 Å². The molecule has 0 spiro atoms. The third kappa shape index (κ3) is 6.17. The van der Waals surface area contributed by atoms with Crippen LogP contribution in [-0.2, 0) is 0 Å². The molecule has 18 heavy (non-hydrogen) atoms. The zero-order valence-corrected chi connectivity index (χ0v) is 12.7. The Morgan fingerprint density at radius 2 is 1.50 bits per heavy atom. The molecule has 0 aliphatic carbocycles. The van der Waals surface area contributed by atoms with Gasteiger partial charge < -0.3 is 15.1 Å². The number of piperidine rings is 1. The molecule has 1 rings (SSSR count). The van der Waals surface area contributed by atoms with Gasteiger partial charge in [-0.25, -0.2) is 0 Å². The molecule has 1 aliphatic heterocycles. The Kier molecular flexibility index (Phi) is 8.64. The summed E-state index contributed by atoms with van der Waals surface area (Å²) in [4.78, 5) is 5.22. The first-order valence-corrected chi connectivity index (χ1v) is 7.95. The molecule has 0 atom stereocenters. The predicted octanol–water partition coefficient (Wildman–Crippen LogP) is 2.04. The number of nitrogens with zero attached hydrogens (tertiary/aromatic N) is 2. The van der Waals surface area contributed by atoms with Gasteiger partial charge in [0.25, 0.3) is 0 Å². The topological polar surface area (TPSA) is 18.5 Å². The van der Waals surface area contributed by atoms with Crippen LogP contribution >= 0.6 is 0 Å². The first kappa shape index (κ1) is 15.9. The smallest absolute Gasteiger partial charge is 0.0109 e. The first-order valence-electron chi connectivity index (χ1n) is 7.95. The van der Waals surface area contributed by atoms with Gasteiger partial charge >= 0.3 is 0 Å². The largest absolute Gasteiger partial charge is 0.317 e. The van der Waals surface area contributed by atoms with Crippen LogP contribution < -0.4 is 5.32 Å². The van der Waals surface area contributed by atoms with E-state index >= 15 is 0 Å². The Balaban J connectivity index is 2.28. The Hall–Kier alpha value is -0.120. The van der Waals surface area contributed by atoms with Gasteiger partial charge in [-0.2, -0.15) is 0 Å². The molecule has 1 heterocycles.